The van der Waals surface area contributed by atoms with Crippen LogP contribution in [0.5, 0.6) is 0 Å². The Kier molecular flexibility index (Phi) is 6.63. The summed E-state index contributed by atoms with van der Waals surface area (Å²) in [6.07, 6.45) is 2.72. The number of esters is 2. The number of ether oxygens (including phenoxy) is 2. The van der Waals surface area contributed by atoms with Crippen LogP contribution in [0.25, 0.3) is 0 Å². The predicted octanol–water partition coefficient (Wildman–Crippen LogP) is 2.47. The van der Waals surface area contributed by atoms with Crippen molar-refractivity contribution in [3.63, 3.8) is 0 Å². The largest absolute Gasteiger partial charge is 0.463 e. The van der Waals surface area contributed by atoms with Crippen molar-refractivity contribution in [3.05, 3.63) is 69.9 Å². The number of nitrogens with one attached hydrogen (secondary N) is 2. The first-order valence-corrected chi connectivity index (χ1v) is 9.45. The van der Waals surface area contributed by atoms with E-state index in [1.54, 1.807) is 38.1 Å². The summed E-state index contributed by atoms with van der Waals surface area (Å²) in [5, 5.41) is 5.71. The quantitative estimate of drug-likeness (QED) is 0.675. The van der Waals surface area contributed by atoms with E-state index < -0.39 is 24.0 Å². The highest BCUT2D eigenvalue weighted by Gasteiger charge is 2.34. The minimum Gasteiger partial charge on any atom is -0.463 e. The summed E-state index contributed by atoms with van der Waals surface area (Å²) in [6.45, 7) is 3.18. The van der Waals surface area contributed by atoms with E-state index in [1.807, 2.05) is 0 Å². The number of halogens is 1. The number of benzene rings is 1. The molecule has 1 aromatic heterocycles. The Labute approximate surface area is 177 Å². The van der Waals surface area contributed by atoms with Crippen molar-refractivity contribution in [1.29, 1.82) is 0 Å². The van der Waals surface area contributed by atoms with Gasteiger partial charge in [0, 0.05) is 11.2 Å². The second-order valence-electron chi connectivity index (χ2n) is 6.31. The molecule has 1 unspecified atom stereocenters. The number of hydrogen-bond donors (Lipinski definition) is 2. The van der Waals surface area contributed by atoms with Crippen LogP contribution in [-0.2, 0) is 14.3 Å². The predicted molar refractivity (Wildman–Crippen MR) is 107 cm³/mol. The van der Waals surface area contributed by atoms with Gasteiger partial charge >= 0.3 is 18.0 Å². The van der Waals surface area contributed by atoms with Crippen LogP contribution in [-0.4, -0.2) is 41.2 Å². The topological polar surface area (TPSA) is 120 Å². The number of urea groups is 1. The number of nitrogens with zero attached hydrogens (tertiary/aromatic N) is 2. The SMILES string of the molecule is CCOC(=O)C1=C(COC(=O)c2cnc(C)cn2)NC(=O)NC1c1ccc(Cl)cc1. The highest BCUT2D eigenvalue weighted by atomic mass is 35.5. The summed E-state index contributed by atoms with van der Waals surface area (Å²) in [5.74, 6) is -1.39. The zero-order valence-corrected chi connectivity index (χ0v) is 17.0. The fraction of sp³-hybridized carbons (Fsp3) is 0.250. The van der Waals surface area contributed by atoms with Crippen molar-refractivity contribution < 1.29 is 23.9 Å². The molecule has 10 heteroatoms. The van der Waals surface area contributed by atoms with Gasteiger partial charge in [-0.05, 0) is 31.5 Å². The van der Waals surface area contributed by atoms with Crippen molar-refractivity contribution in [2.75, 3.05) is 13.2 Å². The molecule has 2 amide bonds. The van der Waals surface area contributed by atoms with Gasteiger partial charge in [-0.25, -0.2) is 19.4 Å². The number of aryl methyl sites for hydroxylation is 1. The molecule has 1 atom stereocenters. The molecule has 0 radical (unpaired) electrons. The number of rotatable bonds is 6. The first-order valence-electron chi connectivity index (χ1n) is 9.08. The van der Waals surface area contributed by atoms with E-state index in [2.05, 4.69) is 20.6 Å². The molecular formula is C20H19ClN4O5. The van der Waals surface area contributed by atoms with Gasteiger partial charge in [0.1, 0.15) is 6.61 Å². The molecule has 1 aliphatic rings. The Hall–Kier alpha value is -3.46. The molecule has 0 saturated heterocycles. The van der Waals surface area contributed by atoms with Crippen molar-refractivity contribution in [3.8, 4) is 0 Å². The molecule has 2 aromatic rings. The van der Waals surface area contributed by atoms with Crippen LogP contribution in [0.15, 0.2) is 47.9 Å². The fourth-order valence-corrected chi connectivity index (χ4v) is 2.92. The zero-order valence-electron chi connectivity index (χ0n) is 16.3. The maximum atomic E-state index is 12.7. The molecule has 3 rings (SSSR count). The van der Waals surface area contributed by atoms with Gasteiger partial charge in [0.2, 0.25) is 0 Å². The Bertz CT molecular complexity index is 989. The molecule has 1 aliphatic heterocycles. The standard InChI is InChI=1S/C20H19ClN4O5/c1-3-29-19(27)16-15(10-30-18(26)14-9-22-11(2)8-23-14)24-20(28)25-17(16)12-4-6-13(21)7-5-12/h4-9,17H,3,10H2,1-2H3,(H2,24,25,28). The van der Waals surface area contributed by atoms with Crippen molar-refractivity contribution in [1.82, 2.24) is 20.6 Å². The lowest BCUT2D eigenvalue weighted by molar-refractivity contribution is -0.139. The van der Waals surface area contributed by atoms with Crippen LogP contribution < -0.4 is 10.6 Å². The molecule has 0 fully saturated rings. The molecule has 1 aromatic carbocycles. The molecule has 2 N–H and O–H groups in total. The van der Waals surface area contributed by atoms with Gasteiger partial charge in [-0.15, -0.1) is 0 Å². The number of carbonyl (C=O) groups is 3. The summed E-state index contributed by atoms with van der Waals surface area (Å²) >= 11 is 5.94. The van der Waals surface area contributed by atoms with Gasteiger partial charge in [0.15, 0.2) is 5.69 Å². The van der Waals surface area contributed by atoms with Gasteiger partial charge in [0.25, 0.3) is 0 Å². The number of aromatic nitrogens is 2. The zero-order chi connectivity index (χ0) is 21.7. The highest BCUT2D eigenvalue weighted by molar-refractivity contribution is 6.30. The average molecular weight is 431 g/mol. The molecular weight excluding hydrogens is 412 g/mol. The normalized spacial score (nSPS) is 15.8. The van der Waals surface area contributed by atoms with Crippen LogP contribution in [0.4, 0.5) is 4.79 Å². The lowest BCUT2D eigenvalue weighted by Crippen LogP contribution is -2.47. The Morgan fingerprint density at radius 1 is 1.10 bits per heavy atom. The third-order valence-electron chi connectivity index (χ3n) is 4.19. The van der Waals surface area contributed by atoms with Crippen LogP contribution in [0, 0.1) is 6.92 Å². The van der Waals surface area contributed by atoms with E-state index in [9.17, 15) is 14.4 Å². The maximum absolute atomic E-state index is 12.7. The summed E-state index contributed by atoms with van der Waals surface area (Å²) in [7, 11) is 0. The molecule has 0 aliphatic carbocycles. The lowest BCUT2D eigenvalue weighted by Gasteiger charge is -2.29. The lowest BCUT2D eigenvalue weighted by atomic mass is 9.95. The minimum atomic E-state index is -0.803. The van der Waals surface area contributed by atoms with Gasteiger partial charge in [-0.1, -0.05) is 23.7 Å². The van der Waals surface area contributed by atoms with E-state index in [4.69, 9.17) is 21.1 Å². The monoisotopic (exact) mass is 430 g/mol. The third-order valence-corrected chi connectivity index (χ3v) is 4.44. The van der Waals surface area contributed by atoms with Crippen LogP contribution in [0.2, 0.25) is 5.02 Å². The third kappa shape index (κ3) is 4.93. The van der Waals surface area contributed by atoms with Crippen molar-refractivity contribution >= 4 is 29.6 Å². The highest BCUT2D eigenvalue weighted by Crippen LogP contribution is 2.28. The Morgan fingerprint density at radius 2 is 1.83 bits per heavy atom. The number of carbonyl (C=O) groups excluding carboxylic acids is 3. The summed E-state index contributed by atoms with van der Waals surface area (Å²) in [4.78, 5) is 45.1. The summed E-state index contributed by atoms with van der Waals surface area (Å²) in [6, 6.07) is 5.30. The van der Waals surface area contributed by atoms with E-state index in [0.717, 1.165) is 0 Å². The van der Waals surface area contributed by atoms with Gasteiger partial charge in [-0.3, -0.25) is 4.98 Å². The van der Waals surface area contributed by atoms with Crippen molar-refractivity contribution in [2.45, 2.75) is 19.9 Å². The molecule has 0 bridgehead atoms. The van der Waals surface area contributed by atoms with E-state index in [-0.39, 0.29) is 30.2 Å². The maximum Gasteiger partial charge on any atom is 0.358 e. The first kappa shape index (κ1) is 21.3. The smallest absolute Gasteiger partial charge is 0.358 e. The number of hydrogen-bond acceptors (Lipinski definition) is 7. The Balaban J connectivity index is 1.91. The van der Waals surface area contributed by atoms with Crippen LogP contribution >= 0.6 is 11.6 Å². The van der Waals surface area contributed by atoms with Crippen LogP contribution in [0.3, 0.4) is 0 Å². The van der Waals surface area contributed by atoms with Gasteiger partial charge in [0.05, 0.1) is 35.8 Å². The first-order chi connectivity index (χ1) is 14.4. The fourth-order valence-electron chi connectivity index (χ4n) is 2.80. The summed E-state index contributed by atoms with van der Waals surface area (Å²) < 4.78 is 10.4. The molecule has 0 saturated carbocycles. The van der Waals surface area contributed by atoms with Crippen molar-refractivity contribution in [2.24, 2.45) is 0 Å². The summed E-state index contributed by atoms with van der Waals surface area (Å²) in [5.41, 5.74) is 1.52. The average Bonchev–Trinajstić information content (AvgIpc) is 2.72. The number of amides is 2. The van der Waals surface area contributed by atoms with Gasteiger partial charge in [-0.2, -0.15) is 0 Å². The second-order valence-corrected chi connectivity index (χ2v) is 6.75. The molecule has 9 nitrogen and oxygen atoms in total. The van der Waals surface area contributed by atoms with E-state index in [1.165, 1.54) is 12.4 Å². The Morgan fingerprint density at radius 3 is 2.47 bits per heavy atom. The molecule has 30 heavy (non-hydrogen) atoms. The molecule has 2 heterocycles. The van der Waals surface area contributed by atoms with E-state index in [0.29, 0.717) is 16.3 Å². The van der Waals surface area contributed by atoms with E-state index >= 15 is 0 Å². The second kappa shape index (κ2) is 9.36. The molecule has 156 valence electrons. The molecule has 0 spiro atoms. The van der Waals surface area contributed by atoms with Crippen LogP contribution in [0.1, 0.15) is 34.7 Å². The van der Waals surface area contributed by atoms with Gasteiger partial charge < -0.3 is 20.1 Å². The minimum absolute atomic E-state index is 0.00777.